The number of carboxylic acids is 1. The van der Waals surface area contributed by atoms with E-state index in [0.717, 1.165) is 30.4 Å². The van der Waals surface area contributed by atoms with Crippen molar-refractivity contribution in [3.63, 3.8) is 0 Å². The molecular weight excluding hydrogens is 334 g/mol. The van der Waals surface area contributed by atoms with Crippen molar-refractivity contribution in [2.75, 3.05) is 19.7 Å². The van der Waals surface area contributed by atoms with Gasteiger partial charge in [-0.2, -0.15) is 0 Å². The second-order valence-electron chi connectivity index (χ2n) is 5.48. The summed E-state index contributed by atoms with van der Waals surface area (Å²) in [5.41, 5.74) is 1.31. The molecule has 0 radical (unpaired) electrons. The number of ether oxygens (including phenoxy) is 1. The second kappa shape index (κ2) is 7.92. The Morgan fingerprint density at radius 2 is 2.19 bits per heavy atom. The summed E-state index contributed by atoms with van der Waals surface area (Å²) in [6, 6.07) is 8.82. The van der Waals surface area contributed by atoms with Crippen molar-refractivity contribution in [3.05, 3.63) is 34.3 Å². The molecule has 0 bridgehead atoms. The average Bonchev–Trinajstić information content (AvgIpc) is 2.47. The normalized spacial score (nSPS) is 18.6. The van der Waals surface area contributed by atoms with E-state index in [0.29, 0.717) is 12.6 Å². The van der Waals surface area contributed by atoms with E-state index in [1.165, 1.54) is 5.56 Å². The lowest BCUT2D eigenvalue weighted by Gasteiger charge is -2.36. The number of carboxylic acid groups (broad SMARTS) is 1. The van der Waals surface area contributed by atoms with Gasteiger partial charge in [0.05, 0.1) is 19.1 Å². The minimum atomic E-state index is -0.796. The number of nitrogens with zero attached hydrogens (tertiary/aromatic N) is 1. The summed E-state index contributed by atoms with van der Waals surface area (Å²) >= 11 is 3.52. The number of hydrogen-bond acceptors (Lipinski definition) is 3. The molecule has 2 rings (SSSR count). The van der Waals surface area contributed by atoms with Gasteiger partial charge < -0.3 is 9.84 Å². The quantitative estimate of drug-likeness (QED) is 0.848. The molecule has 0 aromatic heterocycles. The van der Waals surface area contributed by atoms with E-state index in [4.69, 9.17) is 9.84 Å². The number of benzene rings is 1. The van der Waals surface area contributed by atoms with E-state index in [-0.39, 0.29) is 12.5 Å². The van der Waals surface area contributed by atoms with Crippen molar-refractivity contribution in [1.29, 1.82) is 0 Å². The molecule has 5 heteroatoms. The fourth-order valence-corrected chi connectivity index (χ4v) is 3.14. The maximum absolute atomic E-state index is 10.5. The highest BCUT2D eigenvalue weighted by atomic mass is 79.9. The summed E-state index contributed by atoms with van der Waals surface area (Å²) in [6.45, 7) is 4.53. The summed E-state index contributed by atoms with van der Waals surface area (Å²) in [7, 11) is 0. The predicted octanol–water partition coefficient (Wildman–Crippen LogP) is 3.47. The second-order valence-corrected chi connectivity index (χ2v) is 6.40. The molecule has 1 atom stereocenters. The van der Waals surface area contributed by atoms with Gasteiger partial charge in [-0.1, -0.05) is 28.1 Å². The molecule has 1 unspecified atom stereocenters. The number of aliphatic carboxylic acids is 1. The Morgan fingerprint density at radius 1 is 1.48 bits per heavy atom. The van der Waals surface area contributed by atoms with E-state index in [1.54, 1.807) is 0 Å². The van der Waals surface area contributed by atoms with Gasteiger partial charge in [0.15, 0.2) is 0 Å². The van der Waals surface area contributed by atoms with Crippen LogP contribution in [0.4, 0.5) is 0 Å². The van der Waals surface area contributed by atoms with Crippen LogP contribution in [0.15, 0.2) is 28.7 Å². The first kappa shape index (κ1) is 16.5. The van der Waals surface area contributed by atoms with Crippen molar-refractivity contribution in [2.24, 2.45) is 0 Å². The molecule has 0 spiro atoms. The summed E-state index contributed by atoms with van der Waals surface area (Å²) < 4.78 is 6.74. The van der Waals surface area contributed by atoms with E-state index in [2.05, 4.69) is 46.0 Å². The molecule has 1 aliphatic heterocycles. The fourth-order valence-electron chi connectivity index (χ4n) is 2.72. The minimum absolute atomic E-state index is 0.0919. The smallest absolute Gasteiger partial charge is 0.305 e. The molecule has 1 N–H and O–H groups in total. The SMILES string of the molecule is CC(c1cccc(Br)c1)N1CCC(OCCC(=O)O)CC1. The van der Waals surface area contributed by atoms with Gasteiger partial charge in [0, 0.05) is 23.6 Å². The Morgan fingerprint density at radius 3 is 2.81 bits per heavy atom. The van der Waals surface area contributed by atoms with Crippen LogP contribution < -0.4 is 0 Å². The van der Waals surface area contributed by atoms with E-state index in [9.17, 15) is 4.79 Å². The first-order chi connectivity index (χ1) is 10.1. The Kier molecular flexibility index (Phi) is 6.21. The van der Waals surface area contributed by atoms with Gasteiger partial charge in [-0.15, -0.1) is 0 Å². The molecule has 21 heavy (non-hydrogen) atoms. The van der Waals surface area contributed by atoms with E-state index >= 15 is 0 Å². The summed E-state index contributed by atoms with van der Waals surface area (Å²) in [5, 5.41) is 8.61. The van der Waals surface area contributed by atoms with Crippen LogP contribution in [0.1, 0.15) is 37.8 Å². The molecule has 1 heterocycles. The van der Waals surface area contributed by atoms with Crippen LogP contribution >= 0.6 is 15.9 Å². The van der Waals surface area contributed by atoms with Crippen molar-refractivity contribution >= 4 is 21.9 Å². The van der Waals surface area contributed by atoms with Crippen LogP contribution in [0, 0.1) is 0 Å². The molecule has 1 fully saturated rings. The molecule has 0 saturated carbocycles. The Balaban J connectivity index is 1.79. The summed E-state index contributed by atoms with van der Waals surface area (Å²) in [5.74, 6) is -0.796. The number of rotatable bonds is 6. The highest BCUT2D eigenvalue weighted by molar-refractivity contribution is 9.10. The van der Waals surface area contributed by atoms with Crippen molar-refractivity contribution in [1.82, 2.24) is 4.90 Å². The number of piperidine rings is 1. The lowest BCUT2D eigenvalue weighted by atomic mass is 10.0. The highest BCUT2D eigenvalue weighted by Gasteiger charge is 2.24. The fraction of sp³-hybridized carbons (Fsp3) is 0.562. The van der Waals surface area contributed by atoms with Crippen LogP contribution in [-0.2, 0) is 9.53 Å². The van der Waals surface area contributed by atoms with Crippen LogP contribution in [0.2, 0.25) is 0 Å². The summed E-state index contributed by atoms with van der Waals surface area (Å²) in [6.07, 6.45) is 2.24. The van der Waals surface area contributed by atoms with Gasteiger partial charge in [-0.05, 0) is 37.5 Å². The number of likely N-dealkylation sites (tertiary alicyclic amines) is 1. The Labute approximate surface area is 134 Å². The van der Waals surface area contributed by atoms with Crippen molar-refractivity contribution < 1.29 is 14.6 Å². The van der Waals surface area contributed by atoms with Gasteiger partial charge in [0.1, 0.15) is 0 Å². The molecule has 4 nitrogen and oxygen atoms in total. The van der Waals surface area contributed by atoms with Crippen molar-refractivity contribution in [3.8, 4) is 0 Å². The maximum Gasteiger partial charge on any atom is 0.305 e. The Bertz CT molecular complexity index is 472. The van der Waals surface area contributed by atoms with Crippen LogP contribution in [-0.4, -0.2) is 41.8 Å². The van der Waals surface area contributed by atoms with Crippen LogP contribution in [0.5, 0.6) is 0 Å². The first-order valence-electron chi connectivity index (χ1n) is 7.39. The average molecular weight is 356 g/mol. The molecular formula is C16H22BrNO3. The zero-order valence-corrected chi connectivity index (χ0v) is 13.9. The molecule has 116 valence electrons. The van der Waals surface area contributed by atoms with Crippen LogP contribution in [0.3, 0.4) is 0 Å². The lowest BCUT2D eigenvalue weighted by molar-refractivity contribution is -0.138. The molecule has 0 aliphatic carbocycles. The largest absolute Gasteiger partial charge is 0.481 e. The van der Waals surface area contributed by atoms with Gasteiger partial charge in [-0.3, -0.25) is 9.69 Å². The van der Waals surface area contributed by atoms with Gasteiger partial charge in [0.25, 0.3) is 0 Å². The third-order valence-electron chi connectivity index (χ3n) is 4.02. The molecule has 1 aliphatic rings. The topological polar surface area (TPSA) is 49.8 Å². The molecule has 0 amide bonds. The number of halogens is 1. The zero-order chi connectivity index (χ0) is 15.2. The maximum atomic E-state index is 10.5. The zero-order valence-electron chi connectivity index (χ0n) is 12.3. The monoisotopic (exact) mass is 355 g/mol. The summed E-state index contributed by atoms with van der Waals surface area (Å²) in [4.78, 5) is 12.9. The number of hydrogen-bond donors (Lipinski definition) is 1. The first-order valence-corrected chi connectivity index (χ1v) is 8.18. The lowest BCUT2D eigenvalue weighted by Crippen LogP contribution is -2.38. The molecule has 1 saturated heterocycles. The third-order valence-corrected chi connectivity index (χ3v) is 4.52. The highest BCUT2D eigenvalue weighted by Crippen LogP contribution is 2.26. The third kappa shape index (κ3) is 5.09. The van der Waals surface area contributed by atoms with E-state index < -0.39 is 5.97 Å². The van der Waals surface area contributed by atoms with Gasteiger partial charge in [0.2, 0.25) is 0 Å². The molecule has 1 aromatic rings. The van der Waals surface area contributed by atoms with Gasteiger partial charge in [-0.25, -0.2) is 0 Å². The number of carbonyl (C=O) groups is 1. The van der Waals surface area contributed by atoms with Crippen molar-refractivity contribution in [2.45, 2.75) is 38.3 Å². The minimum Gasteiger partial charge on any atom is -0.481 e. The van der Waals surface area contributed by atoms with Crippen LogP contribution in [0.25, 0.3) is 0 Å². The predicted molar refractivity (Wildman–Crippen MR) is 85.4 cm³/mol. The standard InChI is InChI=1S/C16H22BrNO3/c1-12(13-3-2-4-14(17)11-13)18-8-5-15(6-9-18)21-10-7-16(19)20/h2-4,11-12,15H,5-10H2,1H3,(H,19,20). The molecule has 1 aromatic carbocycles. The Hall–Kier alpha value is -0.910. The van der Waals surface area contributed by atoms with E-state index in [1.807, 2.05) is 6.07 Å². The van der Waals surface area contributed by atoms with Gasteiger partial charge >= 0.3 is 5.97 Å².